The van der Waals surface area contributed by atoms with Crippen LogP contribution in [0.4, 0.5) is 0 Å². The van der Waals surface area contributed by atoms with Crippen molar-refractivity contribution in [3.63, 3.8) is 0 Å². The fourth-order valence-electron chi connectivity index (χ4n) is 2.60. The van der Waals surface area contributed by atoms with Gasteiger partial charge in [0.2, 0.25) is 5.91 Å². The molecule has 1 atom stereocenters. The van der Waals surface area contributed by atoms with Gasteiger partial charge in [-0.25, -0.2) is 0 Å². The summed E-state index contributed by atoms with van der Waals surface area (Å²) in [6, 6.07) is -0.576. The second kappa shape index (κ2) is 6.15. The largest absolute Gasteiger partial charge is 0.480 e. The molecule has 0 aromatic heterocycles. The van der Waals surface area contributed by atoms with Crippen molar-refractivity contribution in [2.45, 2.75) is 25.3 Å². The minimum absolute atomic E-state index is 0.0721. The number of carboxylic acid groups (broad SMARTS) is 1. The smallest absolute Gasteiger partial charge is 0.322 e. The van der Waals surface area contributed by atoms with Gasteiger partial charge >= 0.3 is 5.97 Å². The summed E-state index contributed by atoms with van der Waals surface area (Å²) in [5.74, 6) is -0.781. The summed E-state index contributed by atoms with van der Waals surface area (Å²) >= 11 is 0. The highest BCUT2D eigenvalue weighted by atomic mass is 16.4. The second-order valence-corrected chi connectivity index (χ2v) is 4.97. The maximum absolute atomic E-state index is 12.1. The standard InChI is InChI=1S/C12H21N3O3/c16-11(14-5-2-1-3-6-14)9-15-7-4-13-8-10(15)12(17)18/h10,13H,1-9H2,(H,17,18). The van der Waals surface area contributed by atoms with Crippen LogP contribution in [0, 0.1) is 0 Å². The first-order valence-electron chi connectivity index (χ1n) is 6.64. The number of nitrogens with zero attached hydrogens (tertiary/aromatic N) is 2. The van der Waals surface area contributed by atoms with E-state index in [1.807, 2.05) is 4.90 Å². The molecule has 2 aliphatic rings. The Bertz CT molecular complexity index is 316. The summed E-state index contributed by atoms with van der Waals surface area (Å²) in [6.45, 7) is 3.67. The van der Waals surface area contributed by atoms with Gasteiger partial charge in [-0.05, 0) is 19.3 Å². The van der Waals surface area contributed by atoms with Gasteiger partial charge in [0, 0.05) is 32.7 Å². The monoisotopic (exact) mass is 255 g/mol. The first kappa shape index (κ1) is 13.3. The van der Waals surface area contributed by atoms with Crippen LogP contribution in [0.5, 0.6) is 0 Å². The number of nitrogens with one attached hydrogen (secondary N) is 1. The number of carbonyl (C=O) groups is 2. The predicted molar refractivity (Wildman–Crippen MR) is 66.3 cm³/mol. The summed E-state index contributed by atoms with van der Waals surface area (Å²) in [5.41, 5.74) is 0. The lowest BCUT2D eigenvalue weighted by atomic mass is 10.1. The molecule has 0 saturated carbocycles. The Balaban J connectivity index is 1.89. The molecular weight excluding hydrogens is 234 g/mol. The Morgan fingerprint density at radius 2 is 1.89 bits per heavy atom. The van der Waals surface area contributed by atoms with E-state index < -0.39 is 12.0 Å². The van der Waals surface area contributed by atoms with E-state index in [-0.39, 0.29) is 12.5 Å². The summed E-state index contributed by atoms with van der Waals surface area (Å²) in [4.78, 5) is 26.9. The summed E-state index contributed by atoms with van der Waals surface area (Å²) in [6.07, 6.45) is 3.32. The summed E-state index contributed by atoms with van der Waals surface area (Å²) < 4.78 is 0. The lowest BCUT2D eigenvalue weighted by Crippen LogP contribution is -2.57. The van der Waals surface area contributed by atoms with Crippen LogP contribution in [0.25, 0.3) is 0 Å². The van der Waals surface area contributed by atoms with Crippen molar-refractivity contribution in [3.05, 3.63) is 0 Å². The van der Waals surface area contributed by atoms with E-state index in [1.54, 1.807) is 4.90 Å². The first-order chi connectivity index (χ1) is 8.68. The van der Waals surface area contributed by atoms with Crippen molar-refractivity contribution >= 4 is 11.9 Å². The van der Waals surface area contributed by atoms with Gasteiger partial charge in [0.05, 0.1) is 6.54 Å². The molecule has 2 fully saturated rings. The van der Waals surface area contributed by atoms with Crippen molar-refractivity contribution in [3.8, 4) is 0 Å². The average Bonchev–Trinajstić information content (AvgIpc) is 2.40. The zero-order valence-corrected chi connectivity index (χ0v) is 10.6. The zero-order valence-electron chi connectivity index (χ0n) is 10.6. The van der Waals surface area contributed by atoms with E-state index >= 15 is 0 Å². The number of amides is 1. The molecule has 0 spiro atoms. The molecule has 6 heteroatoms. The molecule has 2 rings (SSSR count). The molecular formula is C12H21N3O3. The maximum Gasteiger partial charge on any atom is 0.322 e. The van der Waals surface area contributed by atoms with E-state index in [1.165, 1.54) is 6.42 Å². The third-order valence-corrected chi connectivity index (χ3v) is 3.69. The Morgan fingerprint density at radius 1 is 1.17 bits per heavy atom. The van der Waals surface area contributed by atoms with E-state index in [4.69, 9.17) is 5.11 Å². The zero-order chi connectivity index (χ0) is 13.0. The Hall–Kier alpha value is -1.14. The highest BCUT2D eigenvalue weighted by Crippen LogP contribution is 2.10. The Morgan fingerprint density at radius 3 is 2.56 bits per heavy atom. The van der Waals surface area contributed by atoms with Crippen LogP contribution in [0.2, 0.25) is 0 Å². The normalized spacial score (nSPS) is 26.0. The van der Waals surface area contributed by atoms with E-state index in [2.05, 4.69) is 5.32 Å². The molecule has 1 amide bonds. The fraction of sp³-hybridized carbons (Fsp3) is 0.833. The third kappa shape index (κ3) is 3.20. The molecule has 1 unspecified atom stereocenters. The van der Waals surface area contributed by atoms with Gasteiger partial charge in [0.15, 0.2) is 0 Å². The molecule has 0 aromatic rings. The highest BCUT2D eigenvalue weighted by Gasteiger charge is 2.30. The second-order valence-electron chi connectivity index (χ2n) is 4.97. The van der Waals surface area contributed by atoms with Gasteiger partial charge in [0.25, 0.3) is 0 Å². The van der Waals surface area contributed by atoms with Gasteiger partial charge in [-0.2, -0.15) is 0 Å². The van der Waals surface area contributed by atoms with Crippen molar-refractivity contribution in [2.75, 3.05) is 39.3 Å². The van der Waals surface area contributed by atoms with E-state index in [0.717, 1.165) is 32.5 Å². The van der Waals surface area contributed by atoms with Crippen molar-refractivity contribution in [1.82, 2.24) is 15.1 Å². The SMILES string of the molecule is O=C(O)C1CNCCN1CC(=O)N1CCCCC1. The van der Waals surface area contributed by atoms with Crippen molar-refractivity contribution in [1.29, 1.82) is 0 Å². The number of hydrogen-bond acceptors (Lipinski definition) is 4. The van der Waals surface area contributed by atoms with Crippen molar-refractivity contribution in [2.24, 2.45) is 0 Å². The molecule has 0 radical (unpaired) electrons. The van der Waals surface area contributed by atoms with Gasteiger partial charge < -0.3 is 15.3 Å². The molecule has 0 aromatic carbocycles. The van der Waals surface area contributed by atoms with E-state index in [0.29, 0.717) is 13.1 Å². The molecule has 102 valence electrons. The summed E-state index contributed by atoms with van der Waals surface area (Å²) in [5, 5.41) is 12.2. The van der Waals surface area contributed by atoms with Gasteiger partial charge in [0.1, 0.15) is 6.04 Å². The Labute approximate surface area is 107 Å². The van der Waals surface area contributed by atoms with Crippen LogP contribution in [0.3, 0.4) is 0 Å². The predicted octanol–water partition coefficient (Wildman–Crippen LogP) is -0.643. The molecule has 2 heterocycles. The Kier molecular flexibility index (Phi) is 4.54. The lowest BCUT2D eigenvalue weighted by molar-refractivity contribution is -0.145. The van der Waals surface area contributed by atoms with Gasteiger partial charge in [-0.1, -0.05) is 0 Å². The first-order valence-corrected chi connectivity index (χ1v) is 6.64. The van der Waals surface area contributed by atoms with Crippen LogP contribution >= 0.6 is 0 Å². The van der Waals surface area contributed by atoms with Crippen LogP contribution in [0.1, 0.15) is 19.3 Å². The molecule has 2 saturated heterocycles. The van der Waals surface area contributed by atoms with Crippen LogP contribution in [0.15, 0.2) is 0 Å². The van der Waals surface area contributed by atoms with Crippen LogP contribution in [-0.4, -0.2) is 72.1 Å². The minimum Gasteiger partial charge on any atom is -0.480 e. The van der Waals surface area contributed by atoms with Crippen molar-refractivity contribution < 1.29 is 14.7 Å². The highest BCUT2D eigenvalue weighted by molar-refractivity contribution is 5.80. The molecule has 6 nitrogen and oxygen atoms in total. The number of piperazine rings is 1. The number of carbonyl (C=O) groups excluding carboxylic acids is 1. The molecule has 18 heavy (non-hydrogen) atoms. The lowest BCUT2D eigenvalue weighted by Gasteiger charge is -2.35. The van der Waals surface area contributed by atoms with E-state index in [9.17, 15) is 9.59 Å². The number of carboxylic acids is 1. The molecule has 0 bridgehead atoms. The average molecular weight is 255 g/mol. The number of aliphatic carboxylic acids is 1. The molecule has 2 N–H and O–H groups in total. The van der Waals surface area contributed by atoms with Crippen LogP contribution in [-0.2, 0) is 9.59 Å². The fourth-order valence-corrected chi connectivity index (χ4v) is 2.60. The van der Waals surface area contributed by atoms with Crippen LogP contribution < -0.4 is 5.32 Å². The summed E-state index contributed by atoms with van der Waals surface area (Å²) in [7, 11) is 0. The number of piperidine rings is 1. The molecule has 2 aliphatic heterocycles. The third-order valence-electron chi connectivity index (χ3n) is 3.69. The van der Waals surface area contributed by atoms with Gasteiger partial charge in [-0.3, -0.25) is 14.5 Å². The molecule has 0 aliphatic carbocycles. The number of hydrogen-bond donors (Lipinski definition) is 2. The van der Waals surface area contributed by atoms with Gasteiger partial charge in [-0.15, -0.1) is 0 Å². The topological polar surface area (TPSA) is 72.9 Å². The quantitative estimate of drug-likeness (QED) is 0.701. The minimum atomic E-state index is -0.853. The number of rotatable bonds is 3. The maximum atomic E-state index is 12.1. The number of likely N-dealkylation sites (tertiary alicyclic amines) is 1.